The maximum absolute atomic E-state index is 13.9. The molecule has 0 N–H and O–H groups in total. The van der Waals surface area contributed by atoms with Gasteiger partial charge in [0, 0.05) is 10.5 Å². The zero-order valence-corrected chi connectivity index (χ0v) is 16.8. The lowest BCUT2D eigenvalue weighted by molar-refractivity contribution is 0.00908. The van der Waals surface area contributed by atoms with Crippen LogP contribution in [0, 0.1) is 5.82 Å². The third kappa shape index (κ3) is 6.49. The number of carbonyl (C=O) groups is 1. The topological polar surface area (TPSA) is 38.8 Å². The molecule has 2 rings (SSSR count). The van der Waals surface area contributed by atoms with Crippen LogP contribution in [0.3, 0.4) is 0 Å². The molecule has 0 radical (unpaired) electrons. The van der Waals surface area contributed by atoms with E-state index in [-0.39, 0.29) is 24.5 Å². The summed E-state index contributed by atoms with van der Waals surface area (Å²) in [5.41, 5.74) is -0.539. The molecule has 1 aliphatic rings. The van der Waals surface area contributed by atoms with Crippen LogP contribution in [0.15, 0.2) is 22.7 Å². The van der Waals surface area contributed by atoms with Gasteiger partial charge in [0.25, 0.3) is 0 Å². The molecule has 0 aromatic heterocycles. The largest absolute Gasteiger partial charge is 0.489 e. The Kier molecular flexibility index (Phi) is 7.11. The Labute approximate surface area is 157 Å². The molecule has 4 nitrogen and oxygen atoms in total. The summed E-state index contributed by atoms with van der Waals surface area (Å²) < 4.78 is 25.6. The van der Waals surface area contributed by atoms with E-state index in [1.807, 2.05) is 20.8 Å². The van der Waals surface area contributed by atoms with Crippen molar-refractivity contribution >= 4 is 22.0 Å². The van der Waals surface area contributed by atoms with Crippen LogP contribution in [0.1, 0.15) is 52.9 Å². The maximum Gasteiger partial charge on any atom is 0.410 e. The fourth-order valence-corrected chi connectivity index (χ4v) is 3.32. The van der Waals surface area contributed by atoms with E-state index in [0.717, 1.165) is 25.7 Å². The molecule has 1 saturated carbocycles. The fourth-order valence-electron chi connectivity index (χ4n) is 2.98. The van der Waals surface area contributed by atoms with Crippen LogP contribution in [0.4, 0.5) is 9.18 Å². The van der Waals surface area contributed by atoms with Gasteiger partial charge in [-0.1, -0.05) is 35.2 Å². The smallest absolute Gasteiger partial charge is 0.410 e. The van der Waals surface area contributed by atoms with Gasteiger partial charge < -0.3 is 14.4 Å². The number of ether oxygens (including phenoxy) is 2. The summed E-state index contributed by atoms with van der Waals surface area (Å²) in [5.74, 6) is -0.230. The van der Waals surface area contributed by atoms with Crippen molar-refractivity contribution in [3.8, 4) is 5.75 Å². The molecule has 0 aliphatic heterocycles. The number of rotatable bonds is 5. The predicted molar refractivity (Wildman–Crippen MR) is 99.4 cm³/mol. The second-order valence-electron chi connectivity index (χ2n) is 7.39. The molecule has 0 spiro atoms. The van der Waals surface area contributed by atoms with Gasteiger partial charge in [-0.25, -0.2) is 9.18 Å². The third-order valence-electron chi connectivity index (χ3n) is 4.13. The molecule has 1 aromatic rings. The second kappa shape index (κ2) is 8.88. The van der Waals surface area contributed by atoms with E-state index in [0.29, 0.717) is 11.0 Å². The summed E-state index contributed by atoms with van der Waals surface area (Å²) in [6.45, 7) is 6.19. The summed E-state index contributed by atoms with van der Waals surface area (Å²) >= 11 is 3.22. The molecule has 0 unspecified atom stereocenters. The van der Waals surface area contributed by atoms with Crippen molar-refractivity contribution in [2.45, 2.75) is 64.5 Å². The highest BCUT2D eigenvalue weighted by Crippen LogP contribution is 2.25. The fraction of sp³-hybridized carbons (Fsp3) is 0.632. The molecular weight excluding hydrogens is 389 g/mol. The minimum atomic E-state index is -0.539. The zero-order valence-electron chi connectivity index (χ0n) is 15.2. The summed E-state index contributed by atoms with van der Waals surface area (Å²) in [4.78, 5) is 14.3. The summed E-state index contributed by atoms with van der Waals surface area (Å²) in [6.07, 6.45) is 5.08. The third-order valence-corrected chi connectivity index (χ3v) is 4.62. The SMILES string of the molecule is CC(C)(C)OC(=O)N(CCOc1ccc(Br)cc1F)C1CCCCC1. The van der Waals surface area contributed by atoms with Gasteiger partial charge in [-0.15, -0.1) is 0 Å². The minimum absolute atomic E-state index is 0.168. The van der Waals surface area contributed by atoms with Crippen LogP contribution >= 0.6 is 15.9 Å². The normalized spacial score (nSPS) is 15.7. The van der Waals surface area contributed by atoms with Crippen molar-refractivity contribution in [3.63, 3.8) is 0 Å². The van der Waals surface area contributed by atoms with Crippen LogP contribution in [-0.4, -0.2) is 35.8 Å². The van der Waals surface area contributed by atoms with Crippen LogP contribution in [0.25, 0.3) is 0 Å². The van der Waals surface area contributed by atoms with Crippen molar-refractivity contribution in [3.05, 3.63) is 28.5 Å². The number of benzene rings is 1. The Hall–Kier alpha value is -1.30. The number of hydrogen-bond acceptors (Lipinski definition) is 3. The summed E-state index contributed by atoms with van der Waals surface area (Å²) in [7, 11) is 0. The highest BCUT2D eigenvalue weighted by Gasteiger charge is 2.29. The average molecular weight is 416 g/mol. The molecule has 0 bridgehead atoms. The van der Waals surface area contributed by atoms with E-state index in [9.17, 15) is 9.18 Å². The lowest BCUT2D eigenvalue weighted by atomic mass is 9.94. The lowest BCUT2D eigenvalue weighted by Gasteiger charge is -2.35. The molecule has 1 fully saturated rings. The van der Waals surface area contributed by atoms with Crippen LogP contribution in [-0.2, 0) is 4.74 Å². The van der Waals surface area contributed by atoms with E-state index in [2.05, 4.69) is 15.9 Å². The number of amides is 1. The number of halogens is 2. The Morgan fingerprint density at radius 1 is 1.28 bits per heavy atom. The van der Waals surface area contributed by atoms with E-state index in [1.54, 1.807) is 17.0 Å². The first-order valence-electron chi connectivity index (χ1n) is 8.84. The molecule has 25 heavy (non-hydrogen) atoms. The molecule has 0 heterocycles. The van der Waals surface area contributed by atoms with Gasteiger partial charge in [0.1, 0.15) is 12.2 Å². The lowest BCUT2D eigenvalue weighted by Crippen LogP contribution is -2.46. The average Bonchev–Trinajstić information content (AvgIpc) is 2.52. The van der Waals surface area contributed by atoms with Crippen molar-refractivity contribution in [2.24, 2.45) is 0 Å². The van der Waals surface area contributed by atoms with Gasteiger partial charge in [-0.3, -0.25) is 0 Å². The molecule has 1 amide bonds. The van der Waals surface area contributed by atoms with Gasteiger partial charge in [0.05, 0.1) is 6.54 Å². The molecule has 1 aliphatic carbocycles. The van der Waals surface area contributed by atoms with Gasteiger partial charge in [0.15, 0.2) is 11.6 Å². The summed E-state index contributed by atoms with van der Waals surface area (Å²) in [5, 5.41) is 0. The first-order valence-corrected chi connectivity index (χ1v) is 9.63. The highest BCUT2D eigenvalue weighted by atomic mass is 79.9. The standard InChI is InChI=1S/C19H27BrFNO3/c1-19(2,3)25-18(23)22(15-7-5-4-6-8-15)11-12-24-17-10-9-14(20)13-16(17)21/h9-10,13,15H,4-8,11-12H2,1-3H3. The van der Waals surface area contributed by atoms with Crippen molar-refractivity contribution < 1.29 is 18.7 Å². The Morgan fingerprint density at radius 2 is 1.96 bits per heavy atom. The molecule has 0 saturated heterocycles. The Morgan fingerprint density at radius 3 is 2.56 bits per heavy atom. The first-order chi connectivity index (χ1) is 11.8. The van der Waals surface area contributed by atoms with E-state index >= 15 is 0 Å². The van der Waals surface area contributed by atoms with Crippen molar-refractivity contribution in [1.29, 1.82) is 0 Å². The van der Waals surface area contributed by atoms with E-state index in [4.69, 9.17) is 9.47 Å². The van der Waals surface area contributed by atoms with E-state index < -0.39 is 11.4 Å². The quantitative estimate of drug-likeness (QED) is 0.633. The molecular formula is C19H27BrFNO3. The van der Waals surface area contributed by atoms with Crippen molar-refractivity contribution in [2.75, 3.05) is 13.2 Å². The molecule has 1 aromatic carbocycles. The molecule has 6 heteroatoms. The van der Waals surface area contributed by atoms with Crippen LogP contribution in [0.5, 0.6) is 5.75 Å². The summed E-state index contributed by atoms with van der Waals surface area (Å²) in [6, 6.07) is 4.84. The van der Waals surface area contributed by atoms with Gasteiger partial charge in [-0.05, 0) is 51.8 Å². The van der Waals surface area contributed by atoms with E-state index in [1.165, 1.54) is 12.5 Å². The first kappa shape index (κ1) is 20.0. The Bertz CT molecular complexity index is 583. The zero-order chi connectivity index (χ0) is 18.4. The predicted octanol–water partition coefficient (Wildman–Crippen LogP) is 5.54. The number of carbonyl (C=O) groups excluding carboxylic acids is 1. The highest BCUT2D eigenvalue weighted by molar-refractivity contribution is 9.10. The molecule has 140 valence electrons. The molecule has 0 atom stereocenters. The monoisotopic (exact) mass is 415 g/mol. The van der Waals surface area contributed by atoms with Crippen LogP contribution in [0.2, 0.25) is 0 Å². The van der Waals surface area contributed by atoms with Gasteiger partial charge in [0.2, 0.25) is 0 Å². The van der Waals surface area contributed by atoms with Crippen molar-refractivity contribution in [1.82, 2.24) is 4.90 Å². The van der Waals surface area contributed by atoms with Gasteiger partial charge >= 0.3 is 6.09 Å². The van der Waals surface area contributed by atoms with Gasteiger partial charge in [-0.2, -0.15) is 0 Å². The number of nitrogens with zero attached hydrogens (tertiary/aromatic N) is 1. The number of hydrogen-bond donors (Lipinski definition) is 0. The maximum atomic E-state index is 13.9. The second-order valence-corrected chi connectivity index (χ2v) is 8.30. The Balaban J connectivity index is 1.98. The minimum Gasteiger partial charge on any atom is -0.489 e. The van der Waals surface area contributed by atoms with Crippen LogP contribution < -0.4 is 4.74 Å².